The second kappa shape index (κ2) is 4.36. The van der Waals surface area contributed by atoms with Crippen LogP contribution in [-0.4, -0.2) is 12.3 Å². The average Bonchev–Trinajstić information content (AvgIpc) is 1.82. The highest BCUT2D eigenvalue weighted by atomic mass is 16.6. The summed E-state index contributed by atoms with van der Waals surface area (Å²) in [6.07, 6.45) is 0. The Bertz CT molecular complexity index is 97.1. The zero-order chi connectivity index (χ0) is 7.28. The first kappa shape index (κ1) is 8.47. The lowest BCUT2D eigenvalue weighted by atomic mass is 10.1. The standard InChI is InChI=1S/C7H15NO/c1-5-9-8-7(4)6(2)3/h6H,5H2,1-4H3. The van der Waals surface area contributed by atoms with Crippen molar-refractivity contribution >= 4 is 5.71 Å². The largest absolute Gasteiger partial charge is 0.396 e. The van der Waals surface area contributed by atoms with Crippen LogP contribution >= 0.6 is 0 Å². The van der Waals surface area contributed by atoms with Crippen LogP contribution in [0.3, 0.4) is 0 Å². The van der Waals surface area contributed by atoms with Crippen LogP contribution in [0.15, 0.2) is 5.16 Å². The molecule has 0 heterocycles. The Labute approximate surface area is 56.9 Å². The first-order valence-electron chi connectivity index (χ1n) is 3.35. The van der Waals surface area contributed by atoms with Gasteiger partial charge in [0, 0.05) is 0 Å². The minimum absolute atomic E-state index is 0.497. The van der Waals surface area contributed by atoms with Gasteiger partial charge in [-0.3, -0.25) is 0 Å². The van der Waals surface area contributed by atoms with Gasteiger partial charge in [-0.05, 0) is 19.8 Å². The van der Waals surface area contributed by atoms with Gasteiger partial charge in [0.1, 0.15) is 6.61 Å². The van der Waals surface area contributed by atoms with E-state index in [0.29, 0.717) is 12.5 Å². The molecule has 9 heavy (non-hydrogen) atoms. The molecule has 0 aromatic heterocycles. The molecular formula is C7H15NO. The molecule has 0 aromatic rings. The summed E-state index contributed by atoms with van der Waals surface area (Å²) in [6, 6.07) is 0. The van der Waals surface area contributed by atoms with E-state index in [1.165, 1.54) is 0 Å². The van der Waals surface area contributed by atoms with Crippen LogP contribution in [0.25, 0.3) is 0 Å². The van der Waals surface area contributed by atoms with Gasteiger partial charge in [-0.15, -0.1) is 0 Å². The van der Waals surface area contributed by atoms with Crippen molar-refractivity contribution in [3.05, 3.63) is 0 Å². The zero-order valence-corrected chi connectivity index (χ0v) is 6.64. The second-order valence-electron chi connectivity index (χ2n) is 2.31. The van der Waals surface area contributed by atoms with Crippen molar-refractivity contribution in [2.75, 3.05) is 6.61 Å². The van der Waals surface area contributed by atoms with Gasteiger partial charge < -0.3 is 4.84 Å². The normalized spacial score (nSPS) is 12.3. The third-order valence-electron chi connectivity index (χ3n) is 1.17. The van der Waals surface area contributed by atoms with Crippen LogP contribution in [0.4, 0.5) is 0 Å². The maximum absolute atomic E-state index is 4.84. The summed E-state index contributed by atoms with van der Waals surface area (Å²) in [5.41, 5.74) is 1.05. The third kappa shape index (κ3) is 4.01. The van der Waals surface area contributed by atoms with E-state index in [4.69, 9.17) is 4.84 Å². The van der Waals surface area contributed by atoms with E-state index in [1.54, 1.807) is 0 Å². The highest BCUT2D eigenvalue weighted by Gasteiger charge is 1.96. The fourth-order valence-corrected chi connectivity index (χ4v) is 0.272. The molecule has 0 saturated carbocycles. The van der Waals surface area contributed by atoms with Crippen LogP contribution in [0.1, 0.15) is 27.7 Å². The molecule has 0 fully saturated rings. The second-order valence-corrected chi connectivity index (χ2v) is 2.31. The van der Waals surface area contributed by atoms with Gasteiger partial charge in [-0.2, -0.15) is 0 Å². The molecule has 0 rings (SSSR count). The van der Waals surface area contributed by atoms with Crippen molar-refractivity contribution in [2.45, 2.75) is 27.7 Å². The molecular weight excluding hydrogens is 114 g/mol. The van der Waals surface area contributed by atoms with Gasteiger partial charge in [0.15, 0.2) is 0 Å². The van der Waals surface area contributed by atoms with Crippen LogP contribution in [0, 0.1) is 5.92 Å². The molecule has 0 saturated heterocycles. The lowest BCUT2D eigenvalue weighted by Crippen LogP contribution is -2.02. The van der Waals surface area contributed by atoms with Crippen LogP contribution in [0.2, 0.25) is 0 Å². The number of nitrogens with zero attached hydrogens (tertiary/aromatic N) is 1. The maximum Gasteiger partial charge on any atom is 0.114 e. The topological polar surface area (TPSA) is 21.6 Å². The van der Waals surface area contributed by atoms with Crippen molar-refractivity contribution in [1.29, 1.82) is 0 Å². The fourth-order valence-electron chi connectivity index (χ4n) is 0.272. The minimum Gasteiger partial charge on any atom is -0.396 e. The highest BCUT2D eigenvalue weighted by Crippen LogP contribution is 1.95. The summed E-state index contributed by atoms with van der Waals surface area (Å²) >= 11 is 0. The van der Waals surface area contributed by atoms with Gasteiger partial charge in [-0.1, -0.05) is 19.0 Å². The molecule has 0 spiro atoms. The maximum atomic E-state index is 4.84. The van der Waals surface area contributed by atoms with Crippen molar-refractivity contribution in [1.82, 2.24) is 0 Å². The van der Waals surface area contributed by atoms with E-state index in [-0.39, 0.29) is 0 Å². The Morgan fingerprint density at radius 3 is 2.44 bits per heavy atom. The molecule has 0 bridgehead atoms. The summed E-state index contributed by atoms with van der Waals surface area (Å²) in [7, 11) is 0. The minimum atomic E-state index is 0.497. The molecule has 0 N–H and O–H groups in total. The predicted octanol–water partition coefficient (Wildman–Crippen LogP) is 2.05. The van der Waals surface area contributed by atoms with E-state index >= 15 is 0 Å². The lowest BCUT2D eigenvalue weighted by Gasteiger charge is -2.01. The van der Waals surface area contributed by atoms with Crippen molar-refractivity contribution in [3.8, 4) is 0 Å². The van der Waals surface area contributed by atoms with Gasteiger partial charge in [0.2, 0.25) is 0 Å². The number of oxime groups is 1. The van der Waals surface area contributed by atoms with Gasteiger partial charge >= 0.3 is 0 Å². The number of rotatable bonds is 3. The average molecular weight is 129 g/mol. The smallest absolute Gasteiger partial charge is 0.114 e. The zero-order valence-electron chi connectivity index (χ0n) is 6.64. The molecule has 2 nitrogen and oxygen atoms in total. The Balaban J connectivity index is 3.55. The van der Waals surface area contributed by atoms with Gasteiger partial charge in [-0.25, -0.2) is 0 Å². The number of hydrogen-bond donors (Lipinski definition) is 0. The molecule has 0 radical (unpaired) electrons. The molecule has 0 unspecified atom stereocenters. The summed E-state index contributed by atoms with van der Waals surface area (Å²) < 4.78 is 0. The monoisotopic (exact) mass is 129 g/mol. The summed E-state index contributed by atoms with van der Waals surface area (Å²) in [6.45, 7) is 8.75. The van der Waals surface area contributed by atoms with Crippen molar-refractivity contribution in [2.24, 2.45) is 11.1 Å². The Hall–Kier alpha value is -0.530. The van der Waals surface area contributed by atoms with Gasteiger partial charge in [0.25, 0.3) is 0 Å². The quantitative estimate of drug-likeness (QED) is 0.422. The summed E-state index contributed by atoms with van der Waals surface area (Å²) in [5, 5.41) is 3.86. The summed E-state index contributed by atoms with van der Waals surface area (Å²) in [5.74, 6) is 0.497. The highest BCUT2D eigenvalue weighted by molar-refractivity contribution is 5.83. The molecule has 0 atom stereocenters. The van der Waals surface area contributed by atoms with E-state index < -0.39 is 0 Å². The van der Waals surface area contributed by atoms with E-state index in [9.17, 15) is 0 Å². The SMILES string of the molecule is CCON=C(C)C(C)C. The van der Waals surface area contributed by atoms with E-state index in [0.717, 1.165) is 5.71 Å². The Kier molecular flexibility index (Phi) is 4.10. The molecule has 0 aliphatic carbocycles. The van der Waals surface area contributed by atoms with Crippen molar-refractivity contribution in [3.63, 3.8) is 0 Å². The Morgan fingerprint density at radius 1 is 1.56 bits per heavy atom. The van der Waals surface area contributed by atoms with Gasteiger partial charge in [0.05, 0.1) is 5.71 Å². The molecule has 2 heteroatoms. The molecule has 54 valence electrons. The fraction of sp³-hybridized carbons (Fsp3) is 0.857. The lowest BCUT2D eigenvalue weighted by molar-refractivity contribution is 0.157. The van der Waals surface area contributed by atoms with Crippen LogP contribution in [0.5, 0.6) is 0 Å². The van der Waals surface area contributed by atoms with E-state index in [1.807, 2.05) is 13.8 Å². The molecule has 0 amide bonds. The molecule has 0 aromatic carbocycles. The molecule has 0 aliphatic heterocycles. The predicted molar refractivity (Wildman–Crippen MR) is 39.6 cm³/mol. The van der Waals surface area contributed by atoms with E-state index in [2.05, 4.69) is 19.0 Å². The molecule has 0 aliphatic rings. The third-order valence-corrected chi connectivity index (χ3v) is 1.17. The number of hydrogen-bond acceptors (Lipinski definition) is 2. The first-order valence-corrected chi connectivity index (χ1v) is 3.35. The first-order chi connectivity index (χ1) is 4.18. The van der Waals surface area contributed by atoms with Crippen molar-refractivity contribution < 1.29 is 4.84 Å². The Morgan fingerprint density at radius 2 is 2.11 bits per heavy atom. The van der Waals surface area contributed by atoms with Crippen LogP contribution in [-0.2, 0) is 4.84 Å². The van der Waals surface area contributed by atoms with Crippen LogP contribution < -0.4 is 0 Å². The summed E-state index contributed by atoms with van der Waals surface area (Å²) in [4.78, 5) is 4.84.